The molecule has 8 nitrogen and oxygen atoms in total. The van der Waals surface area contributed by atoms with Gasteiger partial charge in [0.15, 0.2) is 6.23 Å². The Labute approximate surface area is 252 Å². The van der Waals surface area contributed by atoms with Crippen LogP contribution >= 0.6 is 0 Å². The van der Waals surface area contributed by atoms with Crippen molar-refractivity contribution in [3.63, 3.8) is 0 Å². The van der Waals surface area contributed by atoms with Crippen LogP contribution in [0, 0.1) is 0 Å². The van der Waals surface area contributed by atoms with E-state index < -0.39 is 57.0 Å². The van der Waals surface area contributed by atoms with Gasteiger partial charge in [-0.05, 0) is 27.8 Å². The van der Waals surface area contributed by atoms with Crippen LogP contribution in [0.25, 0.3) is 10.4 Å². The van der Waals surface area contributed by atoms with Crippen molar-refractivity contribution >= 4 is 0 Å². The largest absolute Gasteiger partial charge is 0.374 e. The van der Waals surface area contributed by atoms with Gasteiger partial charge in [-0.3, -0.25) is 0 Å². The van der Waals surface area contributed by atoms with E-state index in [0.29, 0.717) is 22.3 Å². The number of ether oxygens (including phenoxy) is 5. The van der Waals surface area contributed by atoms with Crippen molar-refractivity contribution in [2.45, 2.75) is 57.0 Å². The van der Waals surface area contributed by atoms with Gasteiger partial charge in [-0.2, -0.15) is 0 Å². The van der Waals surface area contributed by atoms with Gasteiger partial charge in [-0.25, -0.2) is 0 Å². The van der Waals surface area contributed by atoms with Crippen LogP contribution in [0.2, 0.25) is 0 Å². The summed E-state index contributed by atoms with van der Waals surface area (Å²) < 4.78 is 66.2. The molecule has 5 unspecified atom stereocenters. The topological polar surface area (TPSA) is 94.9 Å². The zero-order chi connectivity index (χ0) is 32.3. The maximum Gasteiger partial charge on any atom is 0.165 e. The summed E-state index contributed by atoms with van der Waals surface area (Å²) in [4.78, 5) is 2.97. The van der Waals surface area contributed by atoms with Crippen molar-refractivity contribution in [2.24, 2.45) is 5.11 Å². The smallest absolute Gasteiger partial charge is 0.165 e. The molecule has 42 heavy (non-hydrogen) atoms. The highest BCUT2D eigenvalue weighted by atomic mass is 16.6. The Bertz CT molecular complexity index is 1520. The van der Waals surface area contributed by atoms with E-state index in [-0.39, 0.29) is 6.61 Å². The van der Waals surface area contributed by atoms with E-state index in [2.05, 4.69) is 10.0 Å². The van der Waals surface area contributed by atoms with Crippen LogP contribution in [-0.4, -0.2) is 37.3 Å². The van der Waals surface area contributed by atoms with E-state index >= 15 is 0 Å². The van der Waals surface area contributed by atoms with Gasteiger partial charge in [0.05, 0.1) is 38.4 Å². The van der Waals surface area contributed by atoms with Gasteiger partial charge in [0.1, 0.15) is 24.4 Å². The first-order valence-electron chi connectivity index (χ1n) is 15.9. The molecule has 8 heteroatoms. The average Bonchev–Trinajstić information content (AvgIpc) is 3.11. The molecule has 0 amide bonds. The summed E-state index contributed by atoms with van der Waals surface area (Å²) in [6.07, 6.45) is -5.84. The van der Waals surface area contributed by atoms with Gasteiger partial charge in [-0.15, -0.1) is 0 Å². The van der Waals surface area contributed by atoms with E-state index in [1.165, 1.54) is 0 Å². The Morgan fingerprint density at radius 2 is 1.00 bits per heavy atom. The van der Waals surface area contributed by atoms with Crippen LogP contribution in [0.3, 0.4) is 0 Å². The number of rotatable bonds is 14. The summed E-state index contributed by atoms with van der Waals surface area (Å²) in [5.74, 6) is 0. The van der Waals surface area contributed by atoms with Crippen LogP contribution in [0.1, 0.15) is 27.7 Å². The normalized spacial score (nSPS) is 26.2. The lowest BCUT2D eigenvalue weighted by Crippen LogP contribution is -2.60. The Morgan fingerprint density at radius 1 is 0.595 bits per heavy atom. The molecule has 216 valence electrons. The lowest BCUT2D eigenvalue weighted by molar-refractivity contribution is -0.271. The van der Waals surface area contributed by atoms with Crippen molar-refractivity contribution < 1.29 is 29.2 Å². The number of nitrogens with zero attached hydrogens (tertiary/aromatic N) is 3. The monoisotopic (exact) mass is 569 g/mol. The van der Waals surface area contributed by atoms with Gasteiger partial charge in [0.2, 0.25) is 0 Å². The molecule has 0 bridgehead atoms. The van der Waals surface area contributed by atoms with Crippen molar-refractivity contribution in [3.05, 3.63) is 154 Å². The minimum Gasteiger partial charge on any atom is -0.374 e. The van der Waals surface area contributed by atoms with Gasteiger partial charge < -0.3 is 23.7 Å². The minimum atomic E-state index is -1.31. The fraction of sp³-hybridized carbons (Fsp3) is 0.294. The van der Waals surface area contributed by atoms with Gasteiger partial charge in [0.25, 0.3) is 0 Å². The third-order valence-electron chi connectivity index (χ3n) is 6.54. The van der Waals surface area contributed by atoms with Gasteiger partial charge >= 0.3 is 0 Å². The third kappa shape index (κ3) is 8.50. The summed E-state index contributed by atoms with van der Waals surface area (Å²) in [5.41, 5.74) is 11.8. The predicted octanol–water partition coefficient (Wildman–Crippen LogP) is 6.99. The Hall–Kier alpha value is -4.01. The first-order chi connectivity index (χ1) is 22.4. The summed E-state index contributed by atoms with van der Waals surface area (Å²) in [6.45, 7) is -4.94. The molecule has 0 radical (unpaired) electrons. The fourth-order valence-corrected chi connectivity index (χ4v) is 4.47. The number of hydrogen-bond acceptors (Lipinski definition) is 6. The zero-order valence-electron chi connectivity index (χ0n) is 26.8. The number of azide groups is 1. The van der Waals surface area contributed by atoms with Crippen molar-refractivity contribution in [2.75, 3.05) is 6.61 Å². The van der Waals surface area contributed by atoms with E-state index in [1.54, 1.807) is 97.1 Å². The fourth-order valence-electron chi connectivity index (χ4n) is 4.47. The highest BCUT2D eigenvalue weighted by molar-refractivity contribution is 5.16. The molecule has 0 spiro atoms. The summed E-state index contributed by atoms with van der Waals surface area (Å²) in [7, 11) is 0. The molecule has 4 aromatic rings. The second-order valence-electron chi connectivity index (χ2n) is 9.52. The molecule has 4 aromatic carbocycles. The Kier molecular flexibility index (Phi) is 9.27. The number of benzene rings is 4. The molecule has 9 atom stereocenters. The molecule has 1 saturated heterocycles. The molecule has 0 saturated carbocycles. The quantitative estimate of drug-likeness (QED) is 0.0926. The standard InChI is InChI=1S/C34H35N3O5/c35-37-36-34-33(41-24-29-19-11-4-12-20-29)32(40-23-28-17-9-3-10-18-28)31(39-22-27-15-7-2-8-16-27)30(42-34)25-38-21-26-13-5-1-6-14-26/h1-20,30-34H,21-25H2/t30-,31-,32+,33+,34?/m1/s1/i21D,22D,23D,24D/t21?,22?,23?,24?,30-,31-,32+,33+,34?. The van der Waals surface area contributed by atoms with Crippen molar-refractivity contribution in [1.29, 1.82) is 0 Å². The van der Waals surface area contributed by atoms with Crippen LogP contribution in [-0.2, 0) is 50.0 Å². The van der Waals surface area contributed by atoms with E-state index in [4.69, 9.17) is 29.2 Å². The molecule has 1 fully saturated rings. The van der Waals surface area contributed by atoms with Crippen LogP contribution < -0.4 is 0 Å². The Balaban J connectivity index is 1.51. The summed E-state index contributed by atoms with van der Waals surface area (Å²) >= 11 is 0. The molecule has 1 aliphatic heterocycles. The molecule has 0 N–H and O–H groups in total. The lowest BCUT2D eigenvalue weighted by Gasteiger charge is -2.45. The van der Waals surface area contributed by atoms with Crippen molar-refractivity contribution in [1.82, 2.24) is 0 Å². The highest BCUT2D eigenvalue weighted by Crippen LogP contribution is 2.31. The Morgan fingerprint density at radius 3 is 1.45 bits per heavy atom. The average molecular weight is 570 g/mol. The summed E-state index contributed by atoms with van der Waals surface area (Å²) in [6, 6.07) is 35.6. The van der Waals surface area contributed by atoms with E-state index in [0.717, 1.165) is 0 Å². The van der Waals surface area contributed by atoms with Gasteiger partial charge in [0, 0.05) is 4.91 Å². The second-order valence-corrected chi connectivity index (χ2v) is 9.52. The molecule has 1 heterocycles. The molecular formula is C34H35N3O5. The molecule has 0 aromatic heterocycles. The first-order valence-corrected chi connectivity index (χ1v) is 13.6. The lowest BCUT2D eigenvalue weighted by atomic mass is 9.97. The van der Waals surface area contributed by atoms with E-state index in [1.807, 2.05) is 24.3 Å². The predicted molar refractivity (Wildman–Crippen MR) is 159 cm³/mol. The van der Waals surface area contributed by atoms with Crippen LogP contribution in [0.4, 0.5) is 0 Å². The maximum atomic E-state index is 9.52. The molecular weight excluding hydrogens is 530 g/mol. The summed E-state index contributed by atoms with van der Waals surface area (Å²) in [5, 5.41) is 3.85. The number of hydrogen-bond donors (Lipinski definition) is 0. The first kappa shape index (κ1) is 24.6. The molecule has 0 aliphatic carbocycles. The van der Waals surface area contributed by atoms with Crippen molar-refractivity contribution in [3.8, 4) is 0 Å². The zero-order valence-corrected chi connectivity index (χ0v) is 22.8. The maximum absolute atomic E-state index is 9.52. The molecule has 1 aliphatic rings. The second kappa shape index (κ2) is 15.8. The van der Waals surface area contributed by atoms with E-state index in [9.17, 15) is 5.53 Å². The van der Waals surface area contributed by atoms with Crippen LogP contribution in [0.5, 0.6) is 0 Å². The SMILES string of the molecule is [2H]C(OC[C@H]1OC(N=[N+]=[N-])[C@@H](OC([2H])c2ccccc2)[C@@H](OC([2H])c2ccccc2)[C@@H]1OC([2H])c1ccccc1)c1ccccc1. The van der Waals surface area contributed by atoms with Crippen LogP contribution in [0.15, 0.2) is 126 Å². The highest BCUT2D eigenvalue weighted by Gasteiger charge is 2.48. The minimum absolute atomic E-state index is 0.198. The van der Waals surface area contributed by atoms with Gasteiger partial charge in [-0.1, -0.05) is 126 Å². The third-order valence-corrected chi connectivity index (χ3v) is 6.54. The molecule has 5 rings (SSSR count).